The van der Waals surface area contributed by atoms with Crippen LogP contribution in [0.3, 0.4) is 0 Å². The number of hydrogen-bond donors (Lipinski definition) is 1. The lowest BCUT2D eigenvalue weighted by atomic mass is 10.1. The zero-order valence-electron chi connectivity index (χ0n) is 13.3. The number of hydrogen-bond acceptors (Lipinski definition) is 4. The number of nitrogens with one attached hydrogen (secondary N) is 1. The second-order valence-electron chi connectivity index (χ2n) is 5.65. The van der Waals surface area contributed by atoms with Gasteiger partial charge in [-0.05, 0) is 38.1 Å². The summed E-state index contributed by atoms with van der Waals surface area (Å²) in [5, 5.41) is 7.34. The molecule has 3 rings (SSSR count). The number of pyridine rings is 1. The van der Waals surface area contributed by atoms with Crippen molar-refractivity contribution in [1.29, 1.82) is 0 Å². The predicted molar refractivity (Wildman–Crippen MR) is 92.8 cm³/mol. The van der Waals surface area contributed by atoms with E-state index in [0.29, 0.717) is 22.2 Å². The van der Waals surface area contributed by atoms with Crippen LogP contribution in [0.15, 0.2) is 53.2 Å². The summed E-state index contributed by atoms with van der Waals surface area (Å²) >= 11 is 5.78. The van der Waals surface area contributed by atoms with Crippen molar-refractivity contribution < 1.29 is 9.32 Å². The average Bonchev–Trinajstić information content (AvgIpc) is 3.05. The second-order valence-corrected chi connectivity index (χ2v) is 6.04. The maximum absolute atomic E-state index is 12.0. The molecular formula is C18H16ClN3O2. The Hall–Kier alpha value is -2.66. The van der Waals surface area contributed by atoms with E-state index in [0.717, 1.165) is 11.1 Å². The minimum atomic E-state index is -0.0953. The minimum Gasteiger partial charge on any atom is -0.356 e. The lowest BCUT2D eigenvalue weighted by molar-refractivity contribution is 0.0943. The summed E-state index contributed by atoms with van der Waals surface area (Å²) in [6, 6.07) is 12.6. The topological polar surface area (TPSA) is 68.0 Å². The number of halogens is 1. The zero-order chi connectivity index (χ0) is 17.1. The molecule has 6 heteroatoms. The molecule has 1 aromatic carbocycles. The first kappa shape index (κ1) is 16.2. The fourth-order valence-electron chi connectivity index (χ4n) is 2.21. The van der Waals surface area contributed by atoms with Gasteiger partial charge in [-0.15, -0.1) is 0 Å². The fraction of sp³-hybridized carbons (Fsp3) is 0.167. The van der Waals surface area contributed by atoms with Gasteiger partial charge in [0.15, 0.2) is 5.76 Å². The molecule has 2 aromatic heterocycles. The molecule has 0 aliphatic heterocycles. The lowest BCUT2D eigenvalue weighted by Gasteiger charge is -2.08. The molecule has 0 saturated carbocycles. The highest BCUT2D eigenvalue weighted by Crippen LogP contribution is 2.26. The molecule has 0 saturated heterocycles. The maximum Gasteiger partial charge on any atom is 0.251 e. The van der Waals surface area contributed by atoms with Crippen molar-refractivity contribution in [3.05, 3.63) is 59.4 Å². The van der Waals surface area contributed by atoms with Crippen LogP contribution in [0.1, 0.15) is 24.2 Å². The van der Waals surface area contributed by atoms with E-state index in [1.165, 1.54) is 0 Å². The van der Waals surface area contributed by atoms with E-state index in [4.69, 9.17) is 16.1 Å². The van der Waals surface area contributed by atoms with Gasteiger partial charge in [-0.25, -0.2) is 4.98 Å². The van der Waals surface area contributed by atoms with Gasteiger partial charge in [0.2, 0.25) is 0 Å². The number of benzene rings is 1. The SMILES string of the molecule is CC(C)NC(=O)c1ccc(-c2cc(-c3ccc(Cl)nc3)no2)cc1. The highest BCUT2D eigenvalue weighted by molar-refractivity contribution is 6.29. The Morgan fingerprint density at radius 2 is 1.83 bits per heavy atom. The molecule has 2 heterocycles. The summed E-state index contributed by atoms with van der Waals surface area (Å²) in [4.78, 5) is 16.0. The quantitative estimate of drug-likeness (QED) is 0.722. The maximum atomic E-state index is 12.0. The molecule has 5 nitrogen and oxygen atoms in total. The van der Waals surface area contributed by atoms with E-state index in [1.807, 2.05) is 38.1 Å². The number of aromatic nitrogens is 2. The van der Waals surface area contributed by atoms with E-state index in [-0.39, 0.29) is 11.9 Å². The van der Waals surface area contributed by atoms with Crippen LogP contribution >= 0.6 is 11.6 Å². The molecule has 1 amide bonds. The molecular weight excluding hydrogens is 326 g/mol. The Morgan fingerprint density at radius 1 is 1.12 bits per heavy atom. The Labute approximate surface area is 144 Å². The molecule has 0 bridgehead atoms. The highest BCUT2D eigenvalue weighted by atomic mass is 35.5. The van der Waals surface area contributed by atoms with Crippen LogP contribution in [-0.4, -0.2) is 22.1 Å². The molecule has 0 aliphatic rings. The fourth-order valence-corrected chi connectivity index (χ4v) is 2.32. The second kappa shape index (κ2) is 6.84. The molecule has 24 heavy (non-hydrogen) atoms. The van der Waals surface area contributed by atoms with Gasteiger partial charge < -0.3 is 9.84 Å². The van der Waals surface area contributed by atoms with Crippen LogP contribution < -0.4 is 5.32 Å². The molecule has 0 unspecified atom stereocenters. The number of carbonyl (C=O) groups excluding carboxylic acids is 1. The Balaban J connectivity index is 1.80. The van der Waals surface area contributed by atoms with Crippen molar-refractivity contribution in [2.24, 2.45) is 0 Å². The zero-order valence-corrected chi connectivity index (χ0v) is 14.0. The van der Waals surface area contributed by atoms with Crippen LogP contribution in [-0.2, 0) is 0 Å². The van der Waals surface area contributed by atoms with Crippen LogP contribution in [0.2, 0.25) is 5.15 Å². The third-order valence-corrected chi connectivity index (χ3v) is 3.61. The Kier molecular flexibility index (Phi) is 4.62. The summed E-state index contributed by atoms with van der Waals surface area (Å²) in [7, 11) is 0. The van der Waals surface area contributed by atoms with E-state index in [2.05, 4.69) is 15.5 Å². The Bertz CT molecular complexity index is 839. The monoisotopic (exact) mass is 341 g/mol. The standard InChI is InChI=1S/C18H16ClN3O2/c1-11(2)21-18(23)13-5-3-12(4-6-13)16-9-15(22-24-16)14-7-8-17(19)20-10-14/h3-11H,1-2H3,(H,21,23). The third-order valence-electron chi connectivity index (χ3n) is 3.38. The van der Waals surface area contributed by atoms with Crippen molar-refractivity contribution in [3.63, 3.8) is 0 Å². The number of rotatable bonds is 4. The van der Waals surface area contributed by atoms with Gasteiger partial charge in [0.25, 0.3) is 5.91 Å². The first-order valence-electron chi connectivity index (χ1n) is 7.53. The predicted octanol–water partition coefficient (Wildman–Crippen LogP) is 4.20. The Morgan fingerprint density at radius 3 is 2.46 bits per heavy atom. The van der Waals surface area contributed by atoms with Crippen molar-refractivity contribution in [3.8, 4) is 22.6 Å². The first-order valence-corrected chi connectivity index (χ1v) is 7.90. The summed E-state index contributed by atoms with van der Waals surface area (Å²) in [6.07, 6.45) is 1.64. The van der Waals surface area contributed by atoms with Crippen molar-refractivity contribution >= 4 is 17.5 Å². The van der Waals surface area contributed by atoms with E-state index >= 15 is 0 Å². The van der Waals surface area contributed by atoms with E-state index in [1.54, 1.807) is 24.4 Å². The summed E-state index contributed by atoms with van der Waals surface area (Å²) in [5.74, 6) is 0.526. The van der Waals surface area contributed by atoms with Gasteiger partial charge >= 0.3 is 0 Å². The average molecular weight is 342 g/mol. The van der Waals surface area contributed by atoms with Crippen LogP contribution in [0.25, 0.3) is 22.6 Å². The molecule has 0 spiro atoms. The number of amides is 1. The molecule has 3 aromatic rings. The summed E-state index contributed by atoms with van der Waals surface area (Å²) in [6.45, 7) is 3.85. The molecule has 0 fully saturated rings. The summed E-state index contributed by atoms with van der Waals surface area (Å²) in [5.41, 5.74) is 2.95. The molecule has 0 radical (unpaired) electrons. The normalized spacial score (nSPS) is 10.8. The third kappa shape index (κ3) is 3.63. The van der Waals surface area contributed by atoms with Crippen LogP contribution in [0.4, 0.5) is 0 Å². The van der Waals surface area contributed by atoms with Crippen LogP contribution in [0, 0.1) is 0 Å². The van der Waals surface area contributed by atoms with Crippen molar-refractivity contribution in [2.45, 2.75) is 19.9 Å². The van der Waals surface area contributed by atoms with Crippen LogP contribution in [0.5, 0.6) is 0 Å². The molecule has 1 N–H and O–H groups in total. The first-order chi connectivity index (χ1) is 11.5. The highest BCUT2D eigenvalue weighted by Gasteiger charge is 2.11. The largest absolute Gasteiger partial charge is 0.356 e. The van der Waals surface area contributed by atoms with Gasteiger partial charge in [0, 0.05) is 35.0 Å². The lowest BCUT2D eigenvalue weighted by Crippen LogP contribution is -2.29. The van der Waals surface area contributed by atoms with Crippen molar-refractivity contribution in [1.82, 2.24) is 15.5 Å². The van der Waals surface area contributed by atoms with Gasteiger partial charge in [0.05, 0.1) is 0 Å². The van der Waals surface area contributed by atoms with Gasteiger partial charge in [-0.1, -0.05) is 28.9 Å². The van der Waals surface area contributed by atoms with E-state index < -0.39 is 0 Å². The molecule has 0 aliphatic carbocycles. The molecule has 122 valence electrons. The van der Waals surface area contributed by atoms with E-state index in [9.17, 15) is 4.79 Å². The van der Waals surface area contributed by atoms with Crippen molar-refractivity contribution in [2.75, 3.05) is 0 Å². The number of carbonyl (C=O) groups is 1. The van der Waals surface area contributed by atoms with Gasteiger partial charge in [-0.2, -0.15) is 0 Å². The number of nitrogens with zero attached hydrogens (tertiary/aromatic N) is 2. The smallest absolute Gasteiger partial charge is 0.251 e. The minimum absolute atomic E-state index is 0.0953. The summed E-state index contributed by atoms with van der Waals surface area (Å²) < 4.78 is 5.39. The van der Waals surface area contributed by atoms with Gasteiger partial charge in [0.1, 0.15) is 10.8 Å². The van der Waals surface area contributed by atoms with Gasteiger partial charge in [-0.3, -0.25) is 4.79 Å². The molecule has 0 atom stereocenters.